The van der Waals surface area contributed by atoms with Crippen LogP contribution in [0.1, 0.15) is 50.4 Å². The minimum absolute atomic E-state index is 0.513. The molecule has 4 nitrogen and oxygen atoms in total. The molecule has 1 aliphatic carbocycles. The van der Waals surface area contributed by atoms with E-state index in [-0.39, 0.29) is 0 Å². The highest BCUT2D eigenvalue weighted by Gasteiger charge is 2.23. The molecule has 0 unspecified atom stereocenters. The van der Waals surface area contributed by atoms with E-state index in [1.165, 1.54) is 63.4 Å². The highest BCUT2D eigenvalue weighted by Crippen LogP contribution is 2.27. The van der Waals surface area contributed by atoms with Gasteiger partial charge in [-0.05, 0) is 30.7 Å². The fourth-order valence-corrected chi connectivity index (χ4v) is 3.17. The average Bonchev–Trinajstić information content (AvgIpc) is 2.84. The number of aromatic nitrogens is 2. The Balaban J connectivity index is 1.43. The molecule has 1 aromatic heterocycles. The summed E-state index contributed by atoms with van der Waals surface area (Å²) in [4.78, 5) is 5.21. The minimum atomic E-state index is 0.513. The second kappa shape index (κ2) is 6.27. The molecule has 0 spiro atoms. The SMILES string of the molecule is CC(C)c1cc(CN2CCN(CC3CCC3)CC2)[nH]n1. The van der Waals surface area contributed by atoms with Crippen LogP contribution in [0.25, 0.3) is 0 Å². The number of piperazine rings is 1. The zero-order valence-corrected chi connectivity index (χ0v) is 12.9. The maximum absolute atomic E-state index is 4.39. The number of H-pyrrole nitrogens is 1. The second-order valence-electron chi connectivity index (χ2n) is 6.85. The summed E-state index contributed by atoms with van der Waals surface area (Å²) >= 11 is 0. The van der Waals surface area contributed by atoms with Gasteiger partial charge in [0.25, 0.3) is 0 Å². The standard InChI is InChI=1S/C16H28N4/c1-13(2)16-10-15(17-18-16)12-20-8-6-19(7-9-20)11-14-4-3-5-14/h10,13-14H,3-9,11-12H2,1-2H3,(H,17,18). The van der Waals surface area contributed by atoms with E-state index in [4.69, 9.17) is 0 Å². The van der Waals surface area contributed by atoms with Gasteiger partial charge in [0, 0.05) is 45.0 Å². The van der Waals surface area contributed by atoms with Crippen LogP contribution in [0, 0.1) is 5.92 Å². The number of nitrogens with one attached hydrogen (secondary N) is 1. The smallest absolute Gasteiger partial charge is 0.0650 e. The van der Waals surface area contributed by atoms with Crippen LogP contribution in [0.4, 0.5) is 0 Å². The predicted octanol–water partition coefficient (Wildman–Crippen LogP) is 2.45. The van der Waals surface area contributed by atoms with E-state index in [9.17, 15) is 0 Å². The summed E-state index contributed by atoms with van der Waals surface area (Å²) < 4.78 is 0. The molecule has 1 N–H and O–H groups in total. The minimum Gasteiger partial charge on any atom is -0.301 e. The van der Waals surface area contributed by atoms with E-state index in [0.29, 0.717) is 5.92 Å². The molecule has 2 aliphatic rings. The van der Waals surface area contributed by atoms with Gasteiger partial charge in [0.05, 0.1) is 5.69 Å². The second-order valence-corrected chi connectivity index (χ2v) is 6.85. The van der Waals surface area contributed by atoms with E-state index < -0.39 is 0 Å². The third-order valence-corrected chi connectivity index (χ3v) is 4.84. The molecule has 0 bridgehead atoms. The molecule has 2 fully saturated rings. The van der Waals surface area contributed by atoms with E-state index >= 15 is 0 Å². The summed E-state index contributed by atoms with van der Waals surface area (Å²) in [5.74, 6) is 1.52. The Bertz CT molecular complexity index is 414. The van der Waals surface area contributed by atoms with Crippen molar-refractivity contribution in [1.82, 2.24) is 20.0 Å². The fraction of sp³-hybridized carbons (Fsp3) is 0.812. The molecule has 0 aromatic carbocycles. The number of rotatable bonds is 5. The molecule has 3 rings (SSSR count). The molecule has 20 heavy (non-hydrogen) atoms. The van der Waals surface area contributed by atoms with Crippen LogP contribution in [0.2, 0.25) is 0 Å². The first-order valence-electron chi connectivity index (χ1n) is 8.19. The third kappa shape index (κ3) is 3.41. The molecule has 1 saturated heterocycles. The lowest BCUT2D eigenvalue weighted by Crippen LogP contribution is -2.47. The fourth-order valence-electron chi connectivity index (χ4n) is 3.17. The Kier molecular flexibility index (Phi) is 4.41. The van der Waals surface area contributed by atoms with Crippen LogP contribution in [0.5, 0.6) is 0 Å². The summed E-state index contributed by atoms with van der Waals surface area (Å²) in [6, 6.07) is 2.23. The molecule has 2 heterocycles. The molecule has 0 radical (unpaired) electrons. The van der Waals surface area contributed by atoms with Crippen LogP contribution in [0.15, 0.2) is 6.07 Å². The van der Waals surface area contributed by atoms with Crippen molar-refractivity contribution >= 4 is 0 Å². The maximum Gasteiger partial charge on any atom is 0.0650 e. The zero-order valence-electron chi connectivity index (χ0n) is 12.9. The third-order valence-electron chi connectivity index (χ3n) is 4.84. The molecule has 112 valence electrons. The Morgan fingerprint density at radius 2 is 1.90 bits per heavy atom. The lowest BCUT2D eigenvalue weighted by Gasteiger charge is -2.38. The van der Waals surface area contributed by atoms with Crippen molar-refractivity contribution in [2.45, 2.75) is 45.6 Å². The molecular weight excluding hydrogens is 248 g/mol. The summed E-state index contributed by atoms with van der Waals surface area (Å²) in [5, 5.41) is 7.58. The number of hydrogen-bond acceptors (Lipinski definition) is 3. The number of hydrogen-bond donors (Lipinski definition) is 1. The monoisotopic (exact) mass is 276 g/mol. The largest absolute Gasteiger partial charge is 0.301 e. The number of aromatic amines is 1. The lowest BCUT2D eigenvalue weighted by atomic mass is 9.85. The van der Waals surface area contributed by atoms with Gasteiger partial charge >= 0.3 is 0 Å². The van der Waals surface area contributed by atoms with Crippen LogP contribution < -0.4 is 0 Å². The van der Waals surface area contributed by atoms with Gasteiger partial charge in [-0.2, -0.15) is 5.10 Å². The molecule has 0 atom stereocenters. The van der Waals surface area contributed by atoms with Crippen molar-refractivity contribution < 1.29 is 0 Å². The molecule has 1 saturated carbocycles. The summed E-state index contributed by atoms with van der Waals surface area (Å²) in [6.07, 6.45) is 4.39. The van der Waals surface area contributed by atoms with Gasteiger partial charge in [-0.15, -0.1) is 0 Å². The molecular formula is C16H28N4. The Labute approximate surface area is 122 Å². The van der Waals surface area contributed by atoms with E-state index in [0.717, 1.165) is 12.5 Å². The van der Waals surface area contributed by atoms with Crippen LogP contribution in [-0.2, 0) is 6.54 Å². The Hall–Kier alpha value is -0.870. The highest BCUT2D eigenvalue weighted by atomic mass is 15.3. The van der Waals surface area contributed by atoms with Gasteiger partial charge in [-0.3, -0.25) is 10.00 Å². The van der Waals surface area contributed by atoms with Crippen molar-refractivity contribution in [1.29, 1.82) is 0 Å². The van der Waals surface area contributed by atoms with E-state index in [2.05, 4.69) is 39.9 Å². The van der Waals surface area contributed by atoms with Gasteiger partial charge in [-0.1, -0.05) is 20.3 Å². The van der Waals surface area contributed by atoms with Crippen molar-refractivity contribution in [2.24, 2.45) is 5.92 Å². The first kappa shape index (κ1) is 14.1. The Morgan fingerprint density at radius 1 is 1.20 bits per heavy atom. The van der Waals surface area contributed by atoms with Crippen LogP contribution in [-0.4, -0.2) is 52.7 Å². The topological polar surface area (TPSA) is 35.2 Å². The van der Waals surface area contributed by atoms with Gasteiger partial charge in [0.1, 0.15) is 0 Å². The van der Waals surface area contributed by atoms with Gasteiger partial charge in [0.15, 0.2) is 0 Å². The van der Waals surface area contributed by atoms with E-state index in [1.54, 1.807) is 0 Å². The van der Waals surface area contributed by atoms with Crippen molar-refractivity contribution in [3.05, 3.63) is 17.5 Å². The average molecular weight is 276 g/mol. The number of nitrogens with zero attached hydrogens (tertiary/aromatic N) is 3. The maximum atomic E-state index is 4.39. The summed E-state index contributed by atoms with van der Waals surface area (Å²) in [7, 11) is 0. The van der Waals surface area contributed by atoms with Gasteiger partial charge in [-0.25, -0.2) is 0 Å². The predicted molar refractivity (Wildman–Crippen MR) is 81.7 cm³/mol. The molecule has 1 aromatic rings. The highest BCUT2D eigenvalue weighted by molar-refractivity contribution is 5.11. The lowest BCUT2D eigenvalue weighted by molar-refractivity contribution is 0.0960. The van der Waals surface area contributed by atoms with Crippen molar-refractivity contribution in [3.63, 3.8) is 0 Å². The molecule has 0 amide bonds. The van der Waals surface area contributed by atoms with E-state index in [1.807, 2.05) is 0 Å². The normalized spacial score (nSPS) is 22.4. The first-order valence-corrected chi connectivity index (χ1v) is 8.19. The first-order chi connectivity index (χ1) is 9.70. The van der Waals surface area contributed by atoms with Crippen LogP contribution in [0.3, 0.4) is 0 Å². The van der Waals surface area contributed by atoms with Crippen LogP contribution >= 0.6 is 0 Å². The zero-order chi connectivity index (χ0) is 13.9. The van der Waals surface area contributed by atoms with Crippen molar-refractivity contribution in [2.75, 3.05) is 32.7 Å². The van der Waals surface area contributed by atoms with Gasteiger partial charge in [0.2, 0.25) is 0 Å². The van der Waals surface area contributed by atoms with Crippen molar-refractivity contribution in [3.8, 4) is 0 Å². The summed E-state index contributed by atoms with van der Waals surface area (Å²) in [5.41, 5.74) is 2.45. The Morgan fingerprint density at radius 3 is 2.45 bits per heavy atom. The van der Waals surface area contributed by atoms with Gasteiger partial charge < -0.3 is 4.90 Å². The molecule has 1 aliphatic heterocycles. The summed E-state index contributed by atoms with van der Waals surface area (Å²) in [6.45, 7) is 11.6. The quantitative estimate of drug-likeness (QED) is 0.897. The molecule has 4 heteroatoms.